The van der Waals surface area contributed by atoms with E-state index >= 15 is 0 Å². The molecule has 242 valence electrons. The summed E-state index contributed by atoms with van der Waals surface area (Å²) in [7, 11) is 0.732. The van der Waals surface area contributed by atoms with Crippen molar-refractivity contribution >= 4 is 23.9 Å². The average molecular weight is 627 g/mol. The van der Waals surface area contributed by atoms with Crippen LogP contribution in [0.5, 0.6) is 0 Å². The summed E-state index contributed by atoms with van der Waals surface area (Å²) in [6.07, 6.45) is -11.0. The lowest BCUT2D eigenvalue weighted by molar-refractivity contribution is -0.295. The van der Waals surface area contributed by atoms with E-state index in [1.54, 1.807) is 20.8 Å². The van der Waals surface area contributed by atoms with Crippen LogP contribution >= 0.6 is 0 Å². The minimum absolute atomic E-state index is 0.0166. The molecule has 1 saturated heterocycles. The summed E-state index contributed by atoms with van der Waals surface area (Å²) in [5, 5.41) is 11.9. The molecule has 0 unspecified atom stereocenters. The molecule has 0 amide bonds. The number of rotatable bonds is 7. The summed E-state index contributed by atoms with van der Waals surface area (Å²) in [6, 6.07) is 6.24. The smallest absolute Gasteiger partial charge is 0.432 e. The number of ether oxygens (including phenoxy) is 5. The second-order valence-electron chi connectivity index (χ2n) is 12.4. The van der Waals surface area contributed by atoms with Crippen LogP contribution in [0, 0.1) is 23.2 Å². The monoisotopic (exact) mass is 626 g/mol. The molecule has 13 heteroatoms. The molecule has 44 heavy (non-hydrogen) atoms. The highest BCUT2D eigenvalue weighted by Crippen LogP contribution is 2.61. The van der Waals surface area contributed by atoms with E-state index in [1.807, 2.05) is 0 Å². The maximum atomic E-state index is 14.7. The van der Waals surface area contributed by atoms with Gasteiger partial charge in [0.2, 0.25) is 0 Å². The number of carbonyl (C=O) groups is 4. The molecule has 0 bridgehead atoms. The van der Waals surface area contributed by atoms with Crippen molar-refractivity contribution in [1.29, 1.82) is 0 Å². The molecule has 3 aliphatic rings. The van der Waals surface area contributed by atoms with Crippen LogP contribution in [-0.2, 0) is 48.5 Å². The van der Waals surface area contributed by atoms with Crippen LogP contribution in [0.4, 0.5) is 13.2 Å². The molecule has 0 radical (unpaired) electrons. The summed E-state index contributed by atoms with van der Waals surface area (Å²) >= 11 is 0. The minimum atomic E-state index is -5.28. The Balaban J connectivity index is 1.86. The highest BCUT2D eigenvalue weighted by molar-refractivity contribution is 5.91. The number of hydrogen-bond acceptors (Lipinski definition) is 10. The normalized spacial score (nSPS) is 34.7. The molecule has 1 heterocycles. The third-order valence-electron chi connectivity index (χ3n) is 9.26. The van der Waals surface area contributed by atoms with Gasteiger partial charge in [-0.1, -0.05) is 57.7 Å². The van der Waals surface area contributed by atoms with Gasteiger partial charge in [-0.25, -0.2) is 9.59 Å². The molecule has 3 fully saturated rings. The van der Waals surface area contributed by atoms with Crippen molar-refractivity contribution in [2.24, 2.45) is 23.2 Å². The van der Waals surface area contributed by atoms with Crippen LogP contribution in [0.2, 0.25) is 0 Å². The lowest BCUT2D eigenvalue weighted by Gasteiger charge is -2.60. The molecule has 0 spiro atoms. The van der Waals surface area contributed by atoms with Crippen molar-refractivity contribution in [2.45, 2.75) is 89.3 Å². The zero-order valence-corrected chi connectivity index (χ0v) is 25.3. The van der Waals surface area contributed by atoms with E-state index in [9.17, 15) is 37.5 Å². The summed E-state index contributed by atoms with van der Waals surface area (Å²) in [4.78, 5) is 51.4. The van der Waals surface area contributed by atoms with E-state index < -0.39 is 101 Å². The SMILES string of the molecule is C=C1C(=O)O[C@H]2[C@H]1[C@H](OC(=O)C(C)C)C[C@@]1(C)[C@H](OC(=O)[C@](OC)(c3ccccc3)C(F)(F)F)C[C@H](OC(C)=O)[C@@](C)(O)[C@H]21. The maximum Gasteiger partial charge on any atom is 0.432 e. The van der Waals surface area contributed by atoms with Crippen molar-refractivity contribution < 1.29 is 61.1 Å². The van der Waals surface area contributed by atoms with E-state index in [0.29, 0.717) is 0 Å². The topological polar surface area (TPSA) is 135 Å². The zero-order valence-electron chi connectivity index (χ0n) is 25.3. The lowest BCUT2D eigenvalue weighted by Crippen LogP contribution is -2.71. The van der Waals surface area contributed by atoms with E-state index in [4.69, 9.17) is 23.7 Å². The Bertz CT molecular complexity index is 1330. The van der Waals surface area contributed by atoms with Crippen LogP contribution in [0.3, 0.4) is 0 Å². The first-order chi connectivity index (χ1) is 20.3. The number of hydrogen-bond donors (Lipinski definition) is 1. The van der Waals surface area contributed by atoms with Gasteiger partial charge in [0.15, 0.2) is 0 Å². The fourth-order valence-corrected chi connectivity index (χ4v) is 7.17. The third-order valence-corrected chi connectivity index (χ3v) is 9.26. The van der Waals surface area contributed by atoms with Crippen LogP contribution in [0.1, 0.15) is 53.0 Å². The summed E-state index contributed by atoms with van der Waals surface area (Å²) in [5.74, 6) is -6.70. The fraction of sp³-hybridized carbons (Fsp3) is 0.613. The maximum absolute atomic E-state index is 14.7. The molecule has 2 aliphatic carbocycles. The predicted molar refractivity (Wildman–Crippen MR) is 145 cm³/mol. The number of esters is 4. The second-order valence-corrected chi connectivity index (χ2v) is 12.4. The molecule has 1 aliphatic heterocycles. The Labute approximate surface area is 252 Å². The van der Waals surface area contributed by atoms with Crippen molar-refractivity contribution in [3.8, 4) is 0 Å². The molecule has 2 saturated carbocycles. The van der Waals surface area contributed by atoms with Gasteiger partial charge in [-0.2, -0.15) is 13.2 Å². The Morgan fingerprint density at radius 2 is 1.68 bits per heavy atom. The number of fused-ring (bicyclic) bond motifs is 3. The van der Waals surface area contributed by atoms with Gasteiger partial charge in [-0.3, -0.25) is 9.59 Å². The van der Waals surface area contributed by atoms with Gasteiger partial charge in [-0.15, -0.1) is 0 Å². The van der Waals surface area contributed by atoms with Crippen molar-refractivity contribution in [2.75, 3.05) is 7.11 Å². The molecule has 1 aromatic carbocycles. The molecule has 4 rings (SSSR count). The molecule has 10 nitrogen and oxygen atoms in total. The van der Waals surface area contributed by atoms with Gasteiger partial charge in [0, 0.05) is 42.9 Å². The van der Waals surface area contributed by atoms with E-state index in [2.05, 4.69) is 6.58 Å². The van der Waals surface area contributed by atoms with Gasteiger partial charge in [0.05, 0.1) is 11.8 Å². The Hall–Kier alpha value is -3.45. The summed E-state index contributed by atoms with van der Waals surface area (Å²) in [5.41, 5.74) is -7.50. The fourth-order valence-electron chi connectivity index (χ4n) is 7.17. The van der Waals surface area contributed by atoms with Crippen LogP contribution in [-0.4, -0.2) is 72.3 Å². The molecular weight excluding hydrogens is 589 g/mol. The standard InChI is InChI=1S/C31H37F3O10/c1-15(2)25(36)42-19-14-28(5)20(43-27(38)30(40-7,31(32,33)34)18-11-9-8-10-12-18)13-21(41-17(4)35)29(6,39)24(28)23-22(19)16(3)26(37)44-23/h8-12,15,19-24,39H,3,13-14H2,1-2,4-7H3/t19-,20-,21+,22-,23+,24-,28+,29-,30-/m1/s1. The average Bonchev–Trinajstić information content (AvgIpc) is 3.20. The van der Waals surface area contributed by atoms with Gasteiger partial charge in [-0.05, 0) is 13.3 Å². The van der Waals surface area contributed by atoms with Crippen LogP contribution in [0.25, 0.3) is 0 Å². The summed E-state index contributed by atoms with van der Waals surface area (Å²) in [6.45, 7) is 11.0. The van der Waals surface area contributed by atoms with Gasteiger partial charge >= 0.3 is 30.1 Å². The first-order valence-corrected chi connectivity index (χ1v) is 14.2. The van der Waals surface area contributed by atoms with E-state index in [-0.39, 0.29) is 12.0 Å². The first-order valence-electron chi connectivity index (χ1n) is 14.2. The van der Waals surface area contributed by atoms with Crippen LogP contribution in [0.15, 0.2) is 42.5 Å². The number of carbonyl (C=O) groups excluding carboxylic acids is 4. The molecule has 1 N–H and O–H groups in total. The minimum Gasteiger partial charge on any atom is -0.461 e. The van der Waals surface area contributed by atoms with Gasteiger partial charge in [0.1, 0.15) is 30.0 Å². The quantitative estimate of drug-likeness (QED) is 0.271. The highest BCUT2D eigenvalue weighted by Gasteiger charge is 2.72. The lowest BCUT2D eigenvalue weighted by atomic mass is 9.49. The second kappa shape index (κ2) is 11.5. The summed E-state index contributed by atoms with van der Waals surface area (Å²) < 4.78 is 71.7. The molecule has 1 aromatic rings. The highest BCUT2D eigenvalue weighted by atomic mass is 19.4. The molecule has 0 aromatic heterocycles. The van der Waals surface area contributed by atoms with Crippen molar-refractivity contribution in [1.82, 2.24) is 0 Å². The third kappa shape index (κ3) is 5.27. The van der Waals surface area contributed by atoms with Gasteiger partial charge < -0.3 is 28.8 Å². The number of halogens is 3. The van der Waals surface area contributed by atoms with E-state index in [1.165, 1.54) is 25.1 Å². The Morgan fingerprint density at radius 3 is 2.20 bits per heavy atom. The largest absolute Gasteiger partial charge is 0.461 e. The number of alkyl halides is 3. The molecular formula is C31H37F3O10. The number of methoxy groups -OCH3 is 1. The van der Waals surface area contributed by atoms with Crippen LogP contribution < -0.4 is 0 Å². The Kier molecular flexibility index (Phi) is 8.73. The number of aliphatic hydroxyl groups is 1. The number of benzene rings is 1. The van der Waals surface area contributed by atoms with E-state index in [0.717, 1.165) is 26.2 Å². The zero-order chi connectivity index (χ0) is 33.0. The molecule has 9 atom stereocenters. The Morgan fingerprint density at radius 1 is 1.07 bits per heavy atom. The van der Waals surface area contributed by atoms with Gasteiger partial charge in [0.25, 0.3) is 5.60 Å². The van der Waals surface area contributed by atoms with Crippen molar-refractivity contribution in [3.05, 3.63) is 48.0 Å². The van der Waals surface area contributed by atoms with Crippen molar-refractivity contribution in [3.63, 3.8) is 0 Å². The predicted octanol–water partition coefficient (Wildman–Crippen LogP) is 3.78. The first kappa shape index (κ1) is 33.4.